The lowest BCUT2D eigenvalue weighted by molar-refractivity contribution is 0.522. The molecule has 2 rings (SSSR count). The van der Waals surface area contributed by atoms with Crippen molar-refractivity contribution in [2.45, 2.75) is 52.4 Å². The maximum atomic E-state index is 4.25. The fraction of sp³-hybridized carbons (Fsp3) is 0.625. The van der Waals surface area contributed by atoms with Crippen molar-refractivity contribution >= 4 is 0 Å². The number of aromatic nitrogens is 4. The first-order valence-electron chi connectivity index (χ1n) is 6.98. The van der Waals surface area contributed by atoms with Gasteiger partial charge < -0.3 is 9.13 Å². The van der Waals surface area contributed by atoms with Gasteiger partial charge in [0.05, 0.1) is 6.33 Å². The molecule has 0 saturated carbocycles. The molecule has 0 bridgehead atoms. The number of rotatable bonds is 0. The molecule has 20 heavy (non-hydrogen) atoms. The second kappa shape index (κ2) is 5.81. The van der Waals surface area contributed by atoms with E-state index in [1.54, 1.807) is 0 Å². The molecular weight excluding hydrogens is 248 g/mol. The Morgan fingerprint density at radius 3 is 1.70 bits per heavy atom. The molecule has 2 aromatic heterocycles. The predicted octanol–water partition coefficient (Wildman–Crippen LogP) is 3.44. The highest BCUT2D eigenvalue weighted by molar-refractivity contribution is 5.09. The number of nitrogens with zero attached hydrogens (tertiary/aromatic N) is 4. The summed E-state index contributed by atoms with van der Waals surface area (Å²) in [5.41, 5.74) is 1.65. The summed E-state index contributed by atoms with van der Waals surface area (Å²) in [6, 6.07) is 0. The zero-order valence-corrected chi connectivity index (χ0v) is 14.1. The summed E-state index contributed by atoms with van der Waals surface area (Å²) < 4.78 is 4.11. The maximum absolute atomic E-state index is 4.25. The molecule has 0 atom stereocenters. The third-order valence-electron chi connectivity index (χ3n) is 3.08. The first-order chi connectivity index (χ1) is 9.03. The van der Waals surface area contributed by atoms with E-state index in [0.29, 0.717) is 0 Å². The summed E-state index contributed by atoms with van der Waals surface area (Å²) in [7, 11) is 4.04. The van der Waals surface area contributed by atoms with Gasteiger partial charge in [0.15, 0.2) is 0 Å². The number of hydrogen-bond acceptors (Lipinski definition) is 2. The highest BCUT2D eigenvalue weighted by atomic mass is 15.0. The third-order valence-corrected chi connectivity index (χ3v) is 3.08. The molecule has 0 radical (unpaired) electrons. The molecule has 112 valence electrons. The van der Waals surface area contributed by atoms with E-state index < -0.39 is 0 Å². The van der Waals surface area contributed by atoms with Crippen molar-refractivity contribution in [3.05, 3.63) is 36.4 Å². The molecular formula is C16H28N4. The zero-order chi connectivity index (χ0) is 15.6. The smallest absolute Gasteiger partial charge is 0.113 e. The molecule has 0 fully saturated rings. The second-order valence-electron chi connectivity index (χ2n) is 7.25. The normalized spacial score (nSPS) is 12.0. The molecule has 4 heteroatoms. The highest BCUT2D eigenvalue weighted by Gasteiger charge is 2.17. The lowest BCUT2D eigenvalue weighted by atomic mass is 9.93. The van der Waals surface area contributed by atoms with E-state index in [1.807, 2.05) is 39.0 Å². The van der Waals surface area contributed by atoms with Gasteiger partial charge in [-0.15, -0.1) is 0 Å². The van der Waals surface area contributed by atoms with E-state index in [4.69, 9.17) is 0 Å². The topological polar surface area (TPSA) is 35.6 Å². The van der Waals surface area contributed by atoms with Crippen LogP contribution >= 0.6 is 0 Å². The van der Waals surface area contributed by atoms with E-state index in [-0.39, 0.29) is 10.8 Å². The van der Waals surface area contributed by atoms with Crippen LogP contribution in [0.2, 0.25) is 0 Å². The van der Waals surface area contributed by atoms with Crippen LogP contribution in [0.5, 0.6) is 0 Å². The average Bonchev–Trinajstić information content (AvgIpc) is 2.85. The predicted molar refractivity (Wildman–Crippen MR) is 83.8 cm³/mol. The van der Waals surface area contributed by atoms with Gasteiger partial charge in [-0.3, -0.25) is 0 Å². The SMILES string of the molecule is Cn1ccnc1C(C)(C)C.Cn1cncc1C(C)(C)C. The molecule has 2 heterocycles. The number of hydrogen-bond donors (Lipinski definition) is 0. The fourth-order valence-electron chi connectivity index (χ4n) is 2.17. The van der Waals surface area contributed by atoms with Gasteiger partial charge in [0.2, 0.25) is 0 Å². The first-order valence-corrected chi connectivity index (χ1v) is 6.98. The molecule has 0 aliphatic heterocycles. The van der Waals surface area contributed by atoms with Crippen LogP contribution in [0.15, 0.2) is 24.9 Å². The molecule has 2 aromatic rings. The third kappa shape index (κ3) is 4.22. The van der Waals surface area contributed by atoms with Crippen LogP contribution < -0.4 is 0 Å². The molecule has 0 aliphatic rings. The lowest BCUT2D eigenvalue weighted by Crippen LogP contribution is -2.16. The molecule has 0 amide bonds. The van der Waals surface area contributed by atoms with Crippen molar-refractivity contribution in [1.82, 2.24) is 19.1 Å². The van der Waals surface area contributed by atoms with Crippen molar-refractivity contribution in [1.29, 1.82) is 0 Å². The molecule has 0 spiro atoms. The highest BCUT2D eigenvalue weighted by Crippen LogP contribution is 2.20. The van der Waals surface area contributed by atoms with Gasteiger partial charge in [-0.25, -0.2) is 9.97 Å². The van der Waals surface area contributed by atoms with Crippen LogP contribution in [0, 0.1) is 0 Å². The minimum atomic E-state index is 0.165. The van der Waals surface area contributed by atoms with Gasteiger partial charge in [-0.2, -0.15) is 0 Å². The lowest BCUT2D eigenvalue weighted by Gasteiger charge is -2.18. The van der Waals surface area contributed by atoms with Crippen molar-refractivity contribution in [2.75, 3.05) is 0 Å². The van der Waals surface area contributed by atoms with Crippen molar-refractivity contribution in [3.63, 3.8) is 0 Å². The van der Waals surface area contributed by atoms with E-state index in [1.165, 1.54) is 5.69 Å². The van der Waals surface area contributed by atoms with Gasteiger partial charge in [-0.05, 0) is 0 Å². The Kier molecular flexibility index (Phi) is 4.79. The van der Waals surface area contributed by atoms with E-state index in [9.17, 15) is 0 Å². The van der Waals surface area contributed by atoms with Crippen LogP contribution in [-0.4, -0.2) is 19.1 Å². The average molecular weight is 276 g/mol. The first kappa shape index (κ1) is 16.5. The zero-order valence-electron chi connectivity index (χ0n) is 14.1. The van der Waals surface area contributed by atoms with Crippen LogP contribution in [0.4, 0.5) is 0 Å². The minimum Gasteiger partial charge on any atom is -0.338 e. The quantitative estimate of drug-likeness (QED) is 0.739. The largest absolute Gasteiger partial charge is 0.338 e. The van der Waals surface area contributed by atoms with Crippen molar-refractivity contribution in [3.8, 4) is 0 Å². The Bertz CT molecular complexity index is 485. The molecule has 0 aliphatic carbocycles. The fourth-order valence-corrected chi connectivity index (χ4v) is 2.17. The Labute approximate surface area is 122 Å². The van der Waals surface area contributed by atoms with Gasteiger partial charge in [0.25, 0.3) is 0 Å². The molecule has 4 nitrogen and oxygen atoms in total. The summed E-state index contributed by atoms with van der Waals surface area (Å²) in [5.74, 6) is 1.13. The Morgan fingerprint density at radius 1 is 0.900 bits per heavy atom. The summed E-state index contributed by atoms with van der Waals surface area (Å²) in [6.07, 6.45) is 7.56. The van der Waals surface area contributed by atoms with E-state index in [2.05, 4.69) is 60.6 Å². The molecule has 0 unspecified atom stereocenters. The van der Waals surface area contributed by atoms with Crippen LogP contribution in [0.25, 0.3) is 0 Å². The molecule has 0 saturated heterocycles. The van der Waals surface area contributed by atoms with Gasteiger partial charge in [0, 0.05) is 49.2 Å². The standard InChI is InChI=1S/2C8H14N2/c1-8(2,3)7-5-9-6-10(7)4;1-8(2,3)7-9-5-6-10(7)4/h2*5-6H,1-4H3. The monoisotopic (exact) mass is 276 g/mol. The van der Waals surface area contributed by atoms with Crippen LogP contribution in [0.3, 0.4) is 0 Å². The minimum absolute atomic E-state index is 0.165. The Hall–Kier alpha value is -1.58. The van der Waals surface area contributed by atoms with Crippen LogP contribution in [-0.2, 0) is 24.9 Å². The van der Waals surface area contributed by atoms with Crippen LogP contribution in [0.1, 0.15) is 53.1 Å². The summed E-state index contributed by atoms with van der Waals surface area (Å²) in [5, 5.41) is 0. The van der Waals surface area contributed by atoms with Crippen molar-refractivity contribution < 1.29 is 0 Å². The molecule has 0 N–H and O–H groups in total. The van der Waals surface area contributed by atoms with Gasteiger partial charge in [-0.1, -0.05) is 41.5 Å². The summed E-state index contributed by atoms with van der Waals surface area (Å²) in [4.78, 5) is 8.30. The van der Waals surface area contributed by atoms with Gasteiger partial charge >= 0.3 is 0 Å². The van der Waals surface area contributed by atoms with E-state index >= 15 is 0 Å². The van der Waals surface area contributed by atoms with E-state index in [0.717, 1.165) is 5.82 Å². The molecule has 0 aromatic carbocycles. The van der Waals surface area contributed by atoms with Gasteiger partial charge in [0.1, 0.15) is 5.82 Å². The Balaban J connectivity index is 0.000000200. The number of imidazole rings is 2. The number of aryl methyl sites for hydroxylation is 2. The summed E-state index contributed by atoms with van der Waals surface area (Å²) >= 11 is 0. The Morgan fingerprint density at radius 2 is 1.50 bits per heavy atom. The van der Waals surface area contributed by atoms with Crippen molar-refractivity contribution in [2.24, 2.45) is 14.1 Å². The maximum Gasteiger partial charge on any atom is 0.113 e. The second-order valence-corrected chi connectivity index (χ2v) is 7.25. The summed E-state index contributed by atoms with van der Waals surface area (Å²) in [6.45, 7) is 13.0.